The van der Waals surface area contributed by atoms with Gasteiger partial charge in [-0.25, -0.2) is 0 Å². The van der Waals surface area contributed by atoms with E-state index >= 15 is 0 Å². The average Bonchev–Trinajstić information content (AvgIpc) is 2.42. The SMILES string of the molecule is CCNC(c1ccc(Cl)c(Cl)c1)c1cc(Br)ccc1C. The molecule has 0 saturated heterocycles. The molecule has 0 aromatic heterocycles. The summed E-state index contributed by atoms with van der Waals surface area (Å²) in [7, 11) is 0. The van der Waals surface area contributed by atoms with Crippen molar-refractivity contribution in [1.82, 2.24) is 5.32 Å². The summed E-state index contributed by atoms with van der Waals surface area (Å²) in [5.74, 6) is 0. The first-order valence-electron chi connectivity index (χ1n) is 6.47. The molecule has 1 unspecified atom stereocenters. The normalized spacial score (nSPS) is 12.4. The quantitative estimate of drug-likeness (QED) is 0.718. The molecule has 0 aliphatic heterocycles. The van der Waals surface area contributed by atoms with Gasteiger partial charge in [-0.05, 0) is 54.4 Å². The Labute approximate surface area is 138 Å². The first-order chi connectivity index (χ1) is 9.52. The van der Waals surface area contributed by atoms with E-state index in [4.69, 9.17) is 23.2 Å². The lowest BCUT2D eigenvalue weighted by molar-refractivity contribution is 0.627. The van der Waals surface area contributed by atoms with Gasteiger partial charge in [0.05, 0.1) is 16.1 Å². The van der Waals surface area contributed by atoms with Crippen molar-refractivity contribution in [2.75, 3.05) is 6.54 Å². The zero-order chi connectivity index (χ0) is 14.7. The van der Waals surface area contributed by atoms with E-state index in [1.165, 1.54) is 11.1 Å². The third-order valence-corrected chi connectivity index (χ3v) is 4.47. The summed E-state index contributed by atoms with van der Waals surface area (Å²) in [6.45, 7) is 5.08. The fourth-order valence-electron chi connectivity index (χ4n) is 2.23. The number of nitrogens with one attached hydrogen (secondary N) is 1. The molecule has 1 N–H and O–H groups in total. The Kier molecular flexibility index (Phi) is 5.50. The summed E-state index contributed by atoms with van der Waals surface area (Å²) >= 11 is 15.7. The highest BCUT2D eigenvalue weighted by Crippen LogP contribution is 2.31. The van der Waals surface area contributed by atoms with Crippen LogP contribution in [0.4, 0.5) is 0 Å². The third kappa shape index (κ3) is 3.56. The summed E-state index contributed by atoms with van der Waals surface area (Å²) in [6, 6.07) is 12.2. The summed E-state index contributed by atoms with van der Waals surface area (Å²) in [5, 5.41) is 4.67. The lowest BCUT2D eigenvalue weighted by atomic mass is 9.95. The molecule has 0 fully saturated rings. The van der Waals surface area contributed by atoms with E-state index in [0.717, 1.165) is 16.6 Å². The summed E-state index contributed by atoms with van der Waals surface area (Å²) in [4.78, 5) is 0. The fraction of sp³-hybridized carbons (Fsp3) is 0.250. The van der Waals surface area contributed by atoms with Crippen molar-refractivity contribution < 1.29 is 0 Å². The second-order valence-electron chi connectivity index (χ2n) is 4.67. The Balaban J connectivity index is 2.49. The van der Waals surface area contributed by atoms with Gasteiger partial charge in [-0.3, -0.25) is 0 Å². The smallest absolute Gasteiger partial charge is 0.0595 e. The van der Waals surface area contributed by atoms with Crippen molar-refractivity contribution >= 4 is 39.1 Å². The number of rotatable bonds is 4. The van der Waals surface area contributed by atoms with Gasteiger partial charge in [0.15, 0.2) is 0 Å². The molecule has 2 aromatic carbocycles. The van der Waals surface area contributed by atoms with E-state index in [1.807, 2.05) is 18.2 Å². The monoisotopic (exact) mass is 371 g/mol. The molecule has 20 heavy (non-hydrogen) atoms. The Morgan fingerprint density at radius 1 is 1.10 bits per heavy atom. The predicted molar refractivity (Wildman–Crippen MR) is 90.9 cm³/mol. The molecule has 0 bridgehead atoms. The Hall–Kier alpha value is -0.540. The van der Waals surface area contributed by atoms with Crippen LogP contribution in [0, 0.1) is 6.92 Å². The van der Waals surface area contributed by atoms with Gasteiger partial charge in [0.25, 0.3) is 0 Å². The van der Waals surface area contributed by atoms with E-state index < -0.39 is 0 Å². The number of benzene rings is 2. The fourth-order valence-corrected chi connectivity index (χ4v) is 2.91. The zero-order valence-electron chi connectivity index (χ0n) is 11.4. The zero-order valence-corrected chi connectivity index (χ0v) is 14.5. The molecule has 1 nitrogen and oxygen atoms in total. The van der Waals surface area contributed by atoms with Crippen LogP contribution < -0.4 is 5.32 Å². The van der Waals surface area contributed by atoms with Gasteiger partial charge in [0.1, 0.15) is 0 Å². The molecule has 1 atom stereocenters. The molecular weight excluding hydrogens is 357 g/mol. The topological polar surface area (TPSA) is 12.0 Å². The molecule has 106 valence electrons. The molecule has 0 radical (unpaired) electrons. The molecule has 2 rings (SSSR count). The van der Waals surface area contributed by atoms with Crippen LogP contribution in [0.15, 0.2) is 40.9 Å². The number of hydrogen-bond donors (Lipinski definition) is 1. The molecule has 0 saturated carbocycles. The minimum atomic E-state index is 0.104. The molecular formula is C16H16BrCl2N. The summed E-state index contributed by atoms with van der Waals surface area (Å²) in [5.41, 5.74) is 3.59. The average molecular weight is 373 g/mol. The predicted octanol–water partition coefficient (Wildman–Crippen LogP) is 5.76. The maximum atomic E-state index is 6.15. The van der Waals surface area contributed by atoms with Crippen molar-refractivity contribution in [3.63, 3.8) is 0 Å². The van der Waals surface area contributed by atoms with Crippen molar-refractivity contribution in [3.8, 4) is 0 Å². The number of aryl methyl sites for hydroxylation is 1. The minimum absolute atomic E-state index is 0.104. The standard InChI is InChI=1S/C16H16BrCl2N/c1-3-20-16(11-5-7-14(18)15(19)8-11)13-9-12(17)6-4-10(13)2/h4-9,16,20H,3H2,1-2H3. The van der Waals surface area contributed by atoms with E-state index in [0.29, 0.717) is 10.0 Å². The third-order valence-electron chi connectivity index (χ3n) is 3.24. The molecule has 0 spiro atoms. The second kappa shape index (κ2) is 6.95. The highest BCUT2D eigenvalue weighted by Gasteiger charge is 2.16. The van der Waals surface area contributed by atoms with Crippen LogP contribution in [-0.4, -0.2) is 6.54 Å². The van der Waals surface area contributed by atoms with Crippen molar-refractivity contribution in [2.45, 2.75) is 19.9 Å². The lowest BCUT2D eigenvalue weighted by Crippen LogP contribution is -2.22. The number of hydrogen-bond acceptors (Lipinski definition) is 1. The second-order valence-corrected chi connectivity index (χ2v) is 6.40. The van der Waals surface area contributed by atoms with Gasteiger partial charge in [-0.1, -0.05) is 58.2 Å². The number of halogens is 3. The largest absolute Gasteiger partial charge is 0.307 e. The van der Waals surface area contributed by atoms with E-state index in [1.54, 1.807) is 0 Å². The Morgan fingerprint density at radius 2 is 1.85 bits per heavy atom. The summed E-state index contributed by atoms with van der Waals surface area (Å²) in [6.07, 6.45) is 0. The maximum Gasteiger partial charge on any atom is 0.0595 e. The van der Waals surface area contributed by atoms with E-state index in [-0.39, 0.29) is 6.04 Å². The highest BCUT2D eigenvalue weighted by atomic mass is 79.9. The van der Waals surface area contributed by atoms with Crippen LogP contribution in [-0.2, 0) is 0 Å². The van der Waals surface area contributed by atoms with Crippen LogP contribution >= 0.6 is 39.1 Å². The first kappa shape index (κ1) is 15.8. The maximum absolute atomic E-state index is 6.15. The molecule has 0 aliphatic carbocycles. The molecule has 2 aromatic rings. The van der Waals surface area contributed by atoms with Gasteiger partial charge in [0.2, 0.25) is 0 Å². The van der Waals surface area contributed by atoms with Crippen LogP contribution in [0.5, 0.6) is 0 Å². The summed E-state index contributed by atoms with van der Waals surface area (Å²) < 4.78 is 1.07. The van der Waals surface area contributed by atoms with Crippen LogP contribution in [0.3, 0.4) is 0 Å². The van der Waals surface area contributed by atoms with Crippen molar-refractivity contribution in [3.05, 3.63) is 67.6 Å². The molecule has 0 heterocycles. The highest BCUT2D eigenvalue weighted by molar-refractivity contribution is 9.10. The van der Waals surface area contributed by atoms with Crippen LogP contribution in [0.1, 0.15) is 29.7 Å². The minimum Gasteiger partial charge on any atom is -0.307 e. The van der Waals surface area contributed by atoms with Crippen molar-refractivity contribution in [2.24, 2.45) is 0 Å². The van der Waals surface area contributed by atoms with Crippen LogP contribution in [0.25, 0.3) is 0 Å². The van der Waals surface area contributed by atoms with Crippen molar-refractivity contribution in [1.29, 1.82) is 0 Å². The van der Waals surface area contributed by atoms with E-state index in [9.17, 15) is 0 Å². The molecule has 4 heteroatoms. The molecule has 0 aliphatic rings. The van der Waals surface area contributed by atoms with Gasteiger partial charge < -0.3 is 5.32 Å². The van der Waals surface area contributed by atoms with E-state index in [2.05, 4.69) is 53.3 Å². The first-order valence-corrected chi connectivity index (χ1v) is 8.02. The molecule has 0 amide bonds. The van der Waals surface area contributed by atoms with Gasteiger partial charge in [-0.2, -0.15) is 0 Å². The van der Waals surface area contributed by atoms with Gasteiger partial charge in [0, 0.05) is 4.47 Å². The van der Waals surface area contributed by atoms with Gasteiger partial charge >= 0.3 is 0 Å². The Bertz CT molecular complexity index is 613. The van der Waals surface area contributed by atoms with Crippen LogP contribution in [0.2, 0.25) is 10.0 Å². The lowest BCUT2D eigenvalue weighted by Gasteiger charge is -2.21. The van der Waals surface area contributed by atoms with Gasteiger partial charge in [-0.15, -0.1) is 0 Å². The Morgan fingerprint density at radius 3 is 2.50 bits per heavy atom.